The molecule has 1 saturated carbocycles. The normalized spacial score (nSPS) is 19.3. The number of hydrogen-bond donors (Lipinski definition) is 1. The Morgan fingerprint density at radius 2 is 1.91 bits per heavy atom. The van der Waals surface area contributed by atoms with Crippen molar-refractivity contribution in [1.82, 2.24) is 14.4 Å². The molecule has 0 unspecified atom stereocenters. The predicted octanol–water partition coefficient (Wildman–Crippen LogP) is 4.20. The van der Waals surface area contributed by atoms with Crippen molar-refractivity contribution in [2.24, 2.45) is 0 Å². The van der Waals surface area contributed by atoms with Crippen molar-refractivity contribution >= 4 is 45.1 Å². The molecular weight excluding hydrogens is 460 g/mol. The van der Waals surface area contributed by atoms with Crippen LogP contribution in [0.2, 0.25) is 0 Å². The molecule has 4 rings (SSSR count). The van der Waals surface area contributed by atoms with Crippen molar-refractivity contribution in [2.75, 3.05) is 31.5 Å². The summed E-state index contributed by atoms with van der Waals surface area (Å²) in [6.07, 6.45) is 10.2. The molecule has 0 aromatic carbocycles. The molecule has 2 aromatic heterocycles. The maximum atomic E-state index is 13.2. The van der Waals surface area contributed by atoms with Gasteiger partial charge in [-0.2, -0.15) is 4.31 Å². The number of anilines is 1. The van der Waals surface area contributed by atoms with Gasteiger partial charge in [-0.05, 0) is 44.1 Å². The molecule has 2 aliphatic rings. The summed E-state index contributed by atoms with van der Waals surface area (Å²) in [5, 5.41) is 6.71. The smallest absolute Gasteiger partial charge is 0.252 e. The van der Waals surface area contributed by atoms with Crippen LogP contribution in [-0.4, -0.2) is 60.9 Å². The lowest BCUT2D eigenvalue weighted by Gasteiger charge is -2.40. The zero-order chi connectivity index (χ0) is 23.4. The van der Waals surface area contributed by atoms with E-state index >= 15 is 0 Å². The topological polar surface area (TPSA) is 95.8 Å². The zero-order valence-electron chi connectivity index (χ0n) is 19.2. The molecule has 10 heteroatoms. The number of piperazine rings is 1. The molecule has 1 saturated heterocycles. The molecule has 0 radical (unpaired) electrons. The lowest BCUT2D eigenvalue weighted by molar-refractivity contribution is -0.115. The van der Waals surface area contributed by atoms with Crippen molar-refractivity contribution in [3.8, 4) is 0 Å². The fraction of sp³-hybridized carbons (Fsp3) is 0.565. The number of aromatic nitrogens is 1. The van der Waals surface area contributed by atoms with Gasteiger partial charge in [-0.15, -0.1) is 11.3 Å². The number of hydrogen-bond acceptors (Lipinski definition) is 7. The second-order valence-electron chi connectivity index (χ2n) is 8.63. The Balaban J connectivity index is 1.40. The molecule has 2 fully saturated rings. The highest BCUT2D eigenvalue weighted by molar-refractivity contribution is 7.91. The number of sulfonamides is 1. The Hall–Kier alpha value is -2.01. The van der Waals surface area contributed by atoms with Crippen LogP contribution < -0.4 is 5.32 Å². The largest absolute Gasteiger partial charge is 0.354 e. The van der Waals surface area contributed by atoms with Crippen LogP contribution in [0.25, 0.3) is 12.2 Å². The Labute approximate surface area is 199 Å². The second-order valence-corrected chi connectivity index (χ2v) is 11.9. The fourth-order valence-electron chi connectivity index (χ4n) is 4.48. The lowest BCUT2D eigenvalue weighted by Crippen LogP contribution is -2.52. The van der Waals surface area contributed by atoms with Gasteiger partial charge in [0.1, 0.15) is 15.6 Å². The van der Waals surface area contributed by atoms with Crippen LogP contribution >= 0.6 is 11.3 Å². The third-order valence-electron chi connectivity index (χ3n) is 6.43. The first-order valence-electron chi connectivity index (χ1n) is 11.7. The summed E-state index contributed by atoms with van der Waals surface area (Å²) in [4.78, 5) is 15.0. The molecule has 1 N–H and O–H groups in total. The summed E-state index contributed by atoms with van der Waals surface area (Å²) >= 11 is 1.23. The van der Waals surface area contributed by atoms with E-state index in [4.69, 9.17) is 4.52 Å². The molecule has 0 spiro atoms. The monoisotopic (exact) mass is 492 g/mol. The van der Waals surface area contributed by atoms with Gasteiger partial charge in [-0.3, -0.25) is 9.69 Å². The predicted molar refractivity (Wildman–Crippen MR) is 131 cm³/mol. The van der Waals surface area contributed by atoms with Gasteiger partial charge < -0.3 is 9.84 Å². The maximum absolute atomic E-state index is 13.2. The Kier molecular flexibility index (Phi) is 7.68. The number of thiophene rings is 1. The van der Waals surface area contributed by atoms with Crippen LogP contribution in [0.1, 0.15) is 61.8 Å². The Morgan fingerprint density at radius 1 is 1.18 bits per heavy atom. The standard InChI is InChI=1S/C23H32N4O4S2/c1-3-21(28)24-23-17(2)25-31-20(23)11-9-19-10-12-22(32-19)33(29,30)27-15-13-26(14-16-27)18-7-5-4-6-8-18/h9-12,18H,3-8,13-16H2,1-2H3,(H,24,28)/b11-9+. The van der Waals surface area contributed by atoms with Crippen LogP contribution in [-0.2, 0) is 14.8 Å². The van der Waals surface area contributed by atoms with Crippen molar-refractivity contribution in [3.05, 3.63) is 28.5 Å². The summed E-state index contributed by atoms with van der Waals surface area (Å²) in [6.45, 7) is 6.23. The number of carbonyl (C=O) groups excluding carboxylic acids is 1. The fourth-order valence-corrected chi connectivity index (χ4v) is 7.29. The van der Waals surface area contributed by atoms with Gasteiger partial charge in [0.05, 0.1) is 0 Å². The molecule has 0 bridgehead atoms. The van der Waals surface area contributed by atoms with E-state index in [1.54, 1.807) is 42.4 Å². The summed E-state index contributed by atoms with van der Waals surface area (Å²) in [6, 6.07) is 4.08. The van der Waals surface area contributed by atoms with Crippen LogP contribution in [0.4, 0.5) is 5.69 Å². The molecule has 180 valence electrons. The van der Waals surface area contributed by atoms with Crippen molar-refractivity contribution in [3.63, 3.8) is 0 Å². The summed E-state index contributed by atoms with van der Waals surface area (Å²) in [7, 11) is -3.50. The van der Waals surface area contributed by atoms with Crippen LogP contribution in [0, 0.1) is 6.92 Å². The number of rotatable bonds is 7. The SMILES string of the molecule is CCC(=O)Nc1c(C)noc1/C=C/c1ccc(S(=O)(=O)N2CCN(C3CCCCC3)CC2)s1. The van der Waals surface area contributed by atoms with Gasteiger partial charge in [-0.1, -0.05) is 31.3 Å². The minimum absolute atomic E-state index is 0.121. The highest BCUT2D eigenvalue weighted by atomic mass is 32.2. The molecule has 1 aliphatic carbocycles. The van der Waals surface area contributed by atoms with Crippen LogP contribution in [0.15, 0.2) is 20.9 Å². The minimum atomic E-state index is -3.50. The lowest BCUT2D eigenvalue weighted by atomic mass is 9.94. The van der Waals surface area contributed by atoms with Gasteiger partial charge in [0.15, 0.2) is 5.76 Å². The zero-order valence-corrected chi connectivity index (χ0v) is 20.9. The van der Waals surface area contributed by atoms with E-state index in [1.165, 1.54) is 43.4 Å². The van der Waals surface area contributed by atoms with E-state index in [0.29, 0.717) is 46.9 Å². The van der Waals surface area contributed by atoms with Crippen molar-refractivity contribution in [1.29, 1.82) is 0 Å². The van der Waals surface area contributed by atoms with Crippen LogP contribution in [0.3, 0.4) is 0 Å². The van der Waals surface area contributed by atoms with Crippen molar-refractivity contribution < 1.29 is 17.7 Å². The number of carbonyl (C=O) groups is 1. The molecule has 33 heavy (non-hydrogen) atoms. The summed E-state index contributed by atoms with van der Waals surface area (Å²) in [5.74, 6) is 0.315. The van der Waals surface area contributed by atoms with E-state index < -0.39 is 10.0 Å². The number of aryl methyl sites for hydroxylation is 1. The molecule has 1 amide bonds. The van der Waals surface area contributed by atoms with Gasteiger partial charge in [0, 0.05) is 43.5 Å². The third kappa shape index (κ3) is 5.56. The number of nitrogens with zero attached hydrogens (tertiary/aromatic N) is 3. The molecular formula is C23H32N4O4S2. The average molecular weight is 493 g/mol. The van der Waals surface area contributed by atoms with E-state index in [2.05, 4.69) is 15.4 Å². The highest BCUT2D eigenvalue weighted by Gasteiger charge is 2.32. The summed E-state index contributed by atoms with van der Waals surface area (Å²) in [5.41, 5.74) is 1.14. The first-order valence-corrected chi connectivity index (χ1v) is 13.9. The van der Waals surface area contributed by atoms with Gasteiger partial charge in [-0.25, -0.2) is 8.42 Å². The second kappa shape index (κ2) is 10.5. The third-order valence-corrected chi connectivity index (χ3v) is 9.85. The first-order chi connectivity index (χ1) is 15.9. The Bertz CT molecular complexity index is 1090. The first kappa shape index (κ1) is 24.1. The van der Waals surface area contributed by atoms with Crippen LogP contribution in [0.5, 0.6) is 0 Å². The van der Waals surface area contributed by atoms with E-state index in [-0.39, 0.29) is 5.91 Å². The molecule has 1 aliphatic heterocycles. The molecule has 0 atom stereocenters. The minimum Gasteiger partial charge on any atom is -0.354 e. The quantitative estimate of drug-likeness (QED) is 0.622. The number of amides is 1. The van der Waals surface area contributed by atoms with Crippen molar-refractivity contribution in [2.45, 2.75) is 62.6 Å². The highest BCUT2D eigenvalue weighted by Crippen LogP contribution is 2.30. The molecule has 3 heterocycles. The summed E-state index contributed by atoms with van der Waals surface area (Å²) < 4.78 is 33.7. The molecule has 2 aromatic rings. The average Bonchev–Trinajstić information content (AvgIpc) is 3.46. The van der Waals surface area contributed by atoms with Gasteiger partial charge in [0.2, 0.25) is 5.91 Å². The Morgan fingerprint density at radius 3 is 2.61 bits per heavy atom. The maximum Gasteiger partial charge on any atom is 0.252 e. The molecule has 8 nitrogen and oxygen atoms in total. The number of nitrogens with one attached hydrogen (secondary N) is 1. The van der Waals surface area contributed by atoms with Gasteiger partial charge in [0.25, 0.3) is 10.0 Å². The van der Waals surface area contributed by atoms with Gasteiger partial charge >= 0.3 is 0 Å². The van der Waals surface area contributed by atoms with E-state index in [0.717, 1.165) is 18.0 Å². The van der Waals surface area contributed by atoms with E-state index in [9.17, 15) is 13.2 Å². The van der Waals surface area contributed by atoms with E-state index in [1.807, 2.05) is 0 Å².